The number of aromatic amines is 1. The molecule has 2 N–H and O–H groups in total. The summed E-state index contributed by atoms with van der Waals surface area (Å²) in [6.07, 6.45) is 7.44. The van der Waals surface area contributed by atoms with Crippen LogP contribution in [0.15, 0.2) is 17.3 Å². The Morgan fingerprint density at radius 3 is 3.00 bits per heavy atom. The molecule has 0 saturated heterocycles. The summed E-state index contributed by atoms with van der Waals surface area (Å²) in [5.41, 5.74) is 0. The van der Waals surface area contributed by atoms with Crippen LogP contribution in [0.4, 0.5) is 0 Å². The van der Waals surface area contributed by atoms with Gasteiger partial charge in [0.1, 0.15) is 4.90 Å². The summed E-state index contributed by atoms with van der Waals surface area (Å²) in [6, 6.07) is 0. The molecule has 0 bridgehead atoms. The molecule has 1 fully saturated rings. The SMILES string of the molecule is CC1CCCC(CNS(=O)(=O)c2cn[nH]c2)C1. The highest BCUT2D eigenvalue weighted by Crippen LogP contribution is 2.28. The summed E-state index contributed by atoms with van der Waals surface area (Å²) >= 11 is 0. The molecule has 96 valence electrons. The molecule has 17 heavy (non-hydrogen) atoms. The molecular formula is C11H19N3O2S. The molecule has 1 aliphatic carbocycles. The second-order valence-corrected chi connectivity index (χ2v) is 6.69. The highest BCUT2D eigenvalue weighted by Gasteiger charge is 2.22. The number of nitrogens with one attached hydrogen (secondary N) is 2. The van der Waals surface area contributed by atoms with E-state index in [1.165, 1.54) is 25.2 Å². The number of H-pyrrole nitrogens is 1. The van der Waals surface area contributed by atoms with Gasteiger partial charge in [-0.05, 0) is 24.7 Å². The maximum Gasteiger partial charge on any atom is 0.243 e. The minimum atomic E-state index is -3.38. The van der Waals surface area contributed by atoms with E-state index in [-0.39, 0.29) is 4.90 Å². The Balaban J connectivity index is 1.89. The number of sulfonamides is 1. The van der Waals surface area contributed by atoms with Crippen LogP contribution >= 0.6 is 0 Å². The van der Waals surface area contributed by atoms with Crippen LogP contribution in [0.1, 0.15) is 32.6 Å². The predicted octanol–water partition coefficient (Wildman–Crippen LogP) is 1.51. The minimum Gasteiger partial charge on any atom is -0.284 e. The molecule has 1 aliphatic rings. The second kappa shape index (κ2) is 5.18. The van der Waals surface area contributed by atoms with Crippen molar-refractivity contribution in [3.63, 3.8) is 0 Å². The molecule has 5 nitrogen and oxygen atoms in total. The normalized spacial score (nSPS) is 25.9. The van der Waals surface area contributed by atoms with E-state index in [0.717, 1.165) is 12.8 Å². The van der Waals surface area contributed by atoms with Crippen LogP contribution < -0.4 is 4.72 Å². The molecule has 6 heteroatoms. The lowest BCUT2D eigenvalue weighted by atomic mass is 9.83. The maximum absolute atomic E-state index is 11.8. The molecule has 0 spiro atoms. The van der Waals surface area contributed by atoms with E-state index >= 15 is 0 Å². The zero-order valence-corrected chi connectivity index (χ0v) is 10.8. The summed E-state index contributed by atoms with van der Waals surface area (Å²) in [5, 5.41) is 6.16. The first kappa shape index (κ1) is 12.6. The first-order chi connectivity index (χ1) is 8.08. The lowest BCUT2D eigenvalue weighted by Crippen LogP contribution is -2.31. The fourth-order valence-electron chi connectivity index (χ4n) is 2.44. The first-order valence-electron chi connectivity index (χ1n) is 6.06. The van der Waals surface area contributed by atoms with Gasteiger partial charge < -0.3 is 0 Å². The number of hydrogen-bond donors (Lipinski definition) is 2. The summed E-state index contributed by atoms with van der Waals surface area (Å²) in [6.45, 7) is 2.77. The Kier molecular flexibility index (Phi) is 3.83. The van der Waals surface area contributed by atoms with Crippen LogP contribution in [-0.4, -0.2) is 25.2 Å². The van der Waals surface area contributed by atoms with E-state index < -0.39 is 10.0 Å². The largest absolute Gasteiger partial charge is 0.284 e. The van der Waals surface area contributed by atoms with Gasteiger partial charge in [0.2, 0.25) is 10.0 Å². The quantitative estimate of drug-likeness (QED) is 0.858. The van der Waals surface area contributed by atoms with E-state index in [0.29, 0.717) is 18.4 Å². The van der Waals surface area contributed by atoms with Gasteiger partial charge in [0.25, 0.3) is 0 Å². The molecule has 2 unspecified atom stereocenters. The zero-order chi connectivity index (χ0) is 12.3. The van der Waals surface area contributed by atoms with Gasteiger partial charge in [0.05, 0.1) is 6.20 Å². The van der Waals surface area contributed by atoms with E-state index in [9.17, 15) is 8.42 Å². The second-order valence-electron chi connectivity index (χ2n) is 4.92. The van der Waals surface area contributed by atoms with Gasteiger partial charge in [-0.2, -0.15) is 5.10 Å². The molecule has 2 atom stereocenters. The predicted molar refractivity (Wildman–Crippen MR) is 64.9 cm³/mol. The van der Waals surface area contributed by atoms with Crippen molar-refractivity contribution in [3.05, 3.63) is 12.4 Å². The van der Waals surface area contributed by atoms with Crippen molar-refractivity contribution in [1.82, 2.24) is 14.9 Å². The van der Waals surface area contributed by atoms with Gasteiger partial charge in [0.15, 0.2) is 0 Å². The Hall–Kier alpha value is -0.880. The lowest BCUT2D eigenvalue weighted by molar-refractivity contribution is 0.283. The number of hydrogen-bond acceptors (Lipinski definition) is 3. The van der Waals surface area contributed by atoms with E-state index in [1.807, 2.05) is 0 Å². The van der Waals surface area contributed by atoms with Crippen molar-refractivity contribution >= 4 is 10.0 Å². The molecule has 1 saturated carbocycles. The lowest BCUT2D eigenvalue weighted by Gasteiger charge is -2.26. The zero-order valence-electron chi connectivity index (χ0n) is 10.0. The van der Waals surface area contributed by atoms with Crippen LogP contribution in [0.2, 0.25) is 0 Å². The van der Waals surface area contributed by atoms with Crippen molar-refractivity contribution in [2.45, 2.75) is 37.5 Å². The van der Waals surface area contributed by atoms with Crippen molar-refractivity contribution < 1.29 is 8.42 Å². The van der Waals surface area contributed by atoms with Gasteiger partial charge >= 0.3 is 0 Å². The molecule has 1 aromatic heterocycles. The van der Waals surface area contributed by atoms with Crippen molar-refractivity contribution in [2.75, 3.05) is 6.54 Å². The summed E-state index contributed by atoms with van der Waals surface area (Å²) in [4.78, 5) is 0.210. The van der Waals surface area contributed by atoms with Gasteiger partial charge in [0, 0.05) is 12.7 Å². The fourth-order valence-corrected chi connectivity index (χ4v) is 3.46. The average Bonchev–Trinajstić information content (AvgIpc) is 2.81. The third kappa shape index (κ3) is 3.29. The standard InChI is InChI=1S/C11H19N3O2S/c1-9-3-2-4-10(5-9)6-14-17(15,16)11-7-12-13-8-11/h7-10,14H,2-6H2,1H3,(H,12,13). The Morgan fingerprint density at radius 1 is 1.53 bits per heavy atom. The van der Waals surface area contributed by atoms with Crippen molar-refractivity contribution in [2.24, 2.45) is 11.8 Å². The van der Waals surface area contributed by atoms with Crippen LogP contribution in [0.3, 0.4) is 0 Å². The monoisotopic (exact) mass is 257 g/mol. The average molecular weight is 257 g/mol. The third-order valence-corrected chi connectivity index (χ3v) is 4.78. The Bertz CT molecular complexity index is 441. The maximum atomic E-state index is 11.8. The van der Waals surface area contributed by atoms with Gasteiger partial charge in [-0.1, -0.05) is 19.8 Å². The molecule has 0 aromatic carbocycles. The molecule has 0 radical (unpaired) electrons. The smallest absolute Gasteiger partial charge is 0.243 e. The van der Waals surface area contributed by atoms with Gasteiger partial charge in [-0.25, -0.2) is 13.1 Å². The van der Waals surface area contributed by atoms with Crippen molar-refractivity contribution in [1.29, 1.82) is 0 Å². The summed E-state index contributed by atoms with van der Waals surface area (Å²) in [5.74, 6) is 1.19. The Morgan fingerprint density at radius 2 is 2.35 bits per heavy atom. The number of aromatic nitrogens is 2. The number of rotatable bonds is 4. The first-order valence-corrected chi connectivity index (χ1v) is 7.54. The third-order valence-electron chi connectivity index (χ3n) is 3.39. The molecule has 1 heterocycles. The van der Waals surface area contributed by atoms with E-state index in [4.69, 9.17) is 0 Å². The molecule has 0 amide bonds. The molecular weight excluding hydrogens is 238 g/mol. The Labute approximate surface area is 102 Å². The summed E-state index contributed by atoms with van der Waals surface area (Å²) in [7, 11) is -3.38. The fraction of sp³-hybridized carbons (Fsp3) is 0.727. The summed E-state index contributed by atoms with van der Waals surface area (Å²) < 4.78 is 26.4. The molecule has 0 aliphatic heterocycles. The highest BCUT2D eigenvalue weighted by atomic mass is 32.2. The van der Waals surface area contributed by atoms with Crippen LogP contribution in [0.5, 0.6) is 0 Å². The topological polar surface area (TPSA) is 74.8 Å². The molecule has 2 rings (SSSR count). The van der Waals surface area contributed by atoms with Gasteiger partial charge in [-0.15, -0.1) is 0 Å². The van der Waals surface area contributed by atoms with E-state index in [1.54, 1.807) is 0 Å². The van der Waals surface area contributed by atoms with Crippen LogP contribution in [-0.2, 0) is 10.0 Å². The van der Waals surface area contributed by atoms with Gasteiger partial charge in [-0.3, -0.25) is 5.10 Å². The highest BCUT2D eigenvalue weighted by molar-refractivity contribution is 7.89. The van der Waals surface area contributed by atoms with Crippen LogP contribution in [0, 0.1) is 11.8 Å². The number of nitrogens with zero attached hydrogens (tertiary/aromatic N) is 1. The van der Waals surface area contributed by atoms with E-state index in [2.05, 4.69) is 21.8 Å². The van der Waals surface area contributed by atoms with Crippen molar-refractivity contribution in [3.8, 4) is 0 Å². The minimum absolute atomic E-state index is 0.210. The molecule has 1 aromatic rings. The van der Waals surface area contributed by atoms with Crippen LogP contribution in [0.25, 0.3) is 0 Å².